The average molecular weight is 273 g/mol. The van der Waals surface area contributed by atoms with Crippen LogP contribution in [0.3, 0.4) is 0 Å². The van der Waals surface area contributed by atoms with Gasteiger partial charge in [0.15, 0.2) is 5.78 Å². The molecule has 0 aliphatic heterocycles. The summed E-state index contributed by atoms with van der Waals surface area (Å²) in [6.45, 7) is 1.56. The lowest BCUT2D eigenvalue weighted by Crippen LogP contribution is -1.90. The van der Waals surface area contributed by atoms with Crippen molar-refractivity contribution in [2.75, 3.05) is 0 Å². The molecular weight excluding hydrogens is 256 g/mol. The van der Waals surface area contributed by atoms with Crippen LogP contribution >= 0.6 is 11.6 Å². The SMILES string of the molecule is C.CC(=O)c1ccc(/C=C\c2ccccc2Cl)cc1. The molecule has 19 heavy (non-hydrogen) atoms. The minimum Gasteiger partial charge on any atom is -0.295 e. The maximum Gasteiger partial charge on any atom is 0.159 e. The van der Waals surface area contributed by atoms with Crippen LogP contribution in [0.5, 0.6) is 0 Å². The third kappa shape index (κ3) is 4.08. The van der Waals surface area contributed by atoms with Crippen LogP contribution in [0.2, 0.25) is 5.02 Å². The molecule has 0 aliphatic rings. The van der Waals surface area contributed by atoms with Crippen molar-refractivity contribution in [2.24, 2.45) is 0 Å². The van der Waals surface area contributed by atoms with E-state index in [1.165, 1.54) is 0 Å². The topological polar surface area (TPSA) is 17.1 Å². The van der Waals surface area contributed by atoms with Crippen molar-refractivity contribution in [3.05, 3.63) is 70.2 Å². The molecule has 2 aromatic carbocycles. The van der Waals surface area contributed by atoms with E-state index >= 15 is 0 Å². The normalized spacial score (nSPS) is 10.2. The number of hydrogen-bond acceptors (Lipinski definition) is 1. The van der Waals surface area contributed by atoms with E-state index in [1.54, 1.807) is 6.92 Å². The summed E-state index contributed by atoms with van der Waals surface area (Å²) < 4.78 is 0. The number of halogens is 1. The predicted octanol–water partition coefficient (Wildman–Crippen LogP) is 5.35. The van der Waals surface area contributed by atoms with Crippen molar-refractivity contribution in [3.63, 3.8) is 0 Å². The van der Waals surface area contributed by atoms with Gasteiger partial charge >= 0.3 is 0 Å². The first-order valence-electron chi connectivity index (χ1n) is 5.70. The van der Waals surface area contributed by atoms with E-state index in [0.717, 1.165) is 21.7 Å². The van der Waals surface area contributed by atoms with E-state index in [0.29, 0.717) is 0 Å². The highest BCUT2D eigenvalue weighted by atomic mass is 35.5. The number of benzene rings is 2. The number of rotatable bonds is 3. The van der Waals surface area contributed by atoms with Gasteiger partial charge in [0.1, 0.15) is 0 Å². The minimum absolute atomic E-state index is 0. The zero-order valence-corrected chi connectivity index (χ0v) is 10.8. The van der Waals surface area contributed by atoms with Gasteiger partial charge in [-0.15, -0.1) is 0 Å². The van der Waals surface area contributed by atoms with Gasteiger partial charge in [0.2, 0.25) is 0 Å². The molecule has 0 heterocycles. The van der Waals surface area contributed by atoms with Crippen LogP contribution in [0, 0.1) is 0 Å². The maximum absolute atomic E-state index is 11.1. The number of ketones is 1. The molecule has 0 radical (unpaired) electrons. The Kier molecular flexibility index (Phi) is 5.53. The summed E-state index contributed by atoms with van der Waals surface area (Å²) in [4.78, 5) is 11.1. The first kappa shape index (κ1) is 15.2. The van der Waals surface area contributed by atoms with Crippen LogP contribution in [0.25, 0.3) is 12.2 Å². The summed E-state index contributed by atoms with van der Waals surface area (Å²) in [5.74, 6) is 0.0802. The molecule has 0 aliphatic carbocycles. The predicted molar refractivity (Wildman–Crippen MR) is 83.6 cm³/mol. The standard InChI is InChI=1S/C16H13ClO.CH4/c1-12(18)14-9-6-13(7-10-14)8-11-15-4-2-3-5-16(15)17;/h2-11H,1H3;1H4/b11-8-;. The number of carbonyl (C=O) groups excluding carboxylic acids is 1. The molecule has 0 bridgehead atoms. The molecule has 2 aromatic rings. The Hall–Kier alpha value is -1.86. The van der Waals surface area contributed by atoms with Crippen molar-refractivity contribution in [1.82, 2.24) is 0 Å². The van der Waals surface area contributed by atoms with Crippen LogP contribution in [0.1, 0.15) is 35.8 Å². The van der Waals surface area contributed by atoms with Crippen molar-refractivity contribution < 1.29 is 4.79 Å². The molecule has 0 spiro atoms. The maximum atomic E-state index is 11.1. The summed E-state index contributed by atoms with van der Waals surface area (Å²) in [5, 5.41) is 0.731. The molecule has 2 heteroatoms. The van der Waals surface area contributed by atoms with E-state index in [1.807, 2.05) is 60.7 Å². The third-order valence-corrected chi connectivity index (χ3v) is 3.02. The third-order valence-electron chi connectivity index (χ3n) is 2.68. The molecule has 0 fully saturated rings. The zero-order chi connectivity index (χ0) is 13.0. The van der Waals surface area contributed by atoms with E-state index in [-0.39, 0.29) is 13.2 Å². The molecule has 0 N–H and O–H groups in total. The van der Waals surface area contributed by atoms with E-state index < -0.39 is 0 Å². The largest absolute Gasteiger partial charge is 0.295 e. The van der Waals surface area contributed by atoms with Gasteiger partial charge in [0.25, 0.3) is 0 Å². The Balaban J connectivity index is 0.00000180. The molecule has 0 saturated heterocycles. The molecule has 2 rings (SSSR count). The molecule has 0 aromatic heterocycles. The second-order valence-corrected chi connectivity index (χ2v) is 4.44. The van der Waals surface area contributed by atoms with E-state index in [4.69, 9.17) is 11.6 Å². The highest BCUT2D eigenvalue weighted by Gasteiger charge is 1.97. The number of Topliss-reactive ketones (excluding diaryl/α,β-unsaturated/α-hetero) is 1. The molecule has 1 nitrogen and oxygen atoms in total. The second-order valence-electron chi connectivity index (χ2n) is 4.03. The van der Waals surface area contributed by atoms with Gasteiger partial charge in [-0.05, 0) is 24.1 Å². The van der Waals surface area contributed by atoms with Crippen LogP contribution in [0.15, 0.2) is 48.5 Å². The lowest BCUT2D eigenvalue weighted by Gasteiger charge is -1.98. The molecule has 0 atom stereocenters. The van der Waals surface area contributed by atoms with Crippen molar-refractivity contribution in [3.8, 4) is 0 Å². The average Bonchev–Trinajstić information content (AvgIpc) is 2.38. The van der Waals surface area contributed by atoms with Gasteiger partial charge in [0, 0.05) is 10.6 Å². The van der Waals surface area contributed by atoms with Gasteiger partial charge < -0.3 is 0 Å². The van der Waals surface area contributed by atoms with Crippen molar-refractivity contribution in [2.45, 2.75) is 14.4 Å². The second kappa shape index (κ2) is 6.91. The fourth-order valence-corrected chi connectivity index (χ4v) is 1.82. The van der Waals surface area contributed by atoms with Crippen LogP contribution in [-0.2, 0) is 0 Å². The summed E-state index contributed by atoms with van der Waals surface area (Å²) >= 11 is 6.06. The lowest BCUT2D eigenvalue weighted by atomic mass is 10.1. The summed E-state index contributed by atoms with van der Waals surface area (Å²) in [6.07, 6.45) is 3.94. The van der Waals surface area contributed by atoms with E-state index in [9.17, 15) is 4.79 Å². The lowest BCUT2D eigenvalue weighted by molar-refractivity contribution is 0.101. The molecule has 98 valence electrons. The van der Waals surface area contributed by atoms with Crippen LogP contribution < -0.4 is 0 Å². The Morgan fingerprint density at radius 3 is 2.21 bits per heavy atom. The van der Waals surface area contributed by atoms with Crippen molar-refractivity contribution in [1.29, 1.82) is 0 Å². The smallest absolute Gasteiger partial charge is 0.159 e. The summed E-state index contributed by atoms with van der Waals surface area (Å²) in [5.41, 5.74) is 2.75. The number of hydrogen-bond donors (Lipinski definition) is 0. The van der Waals surface area contributed by atoms with Crippen LogP contribution in [-0.4, -0.2) is 5.78 Å². The van der Waals surface area contributed by atoms with Gasteiger partial charge in [-0.2, -0.15) is 0 Å². The zero-order valence-electron chi connectivity index (χ0n) is 10.1. The quantitative estimate of drug-likeness (QED) is 0.544. The first-order valence-corrected chi connectivity index (χ1v) is 6.08. The molecule has 0 saturated carbocycles. The fourth-order valence-electron chi connectivity index (χ4n) is 1.63. The first-order chi connectivity index (χ1) is 8.66. The van der Waals surface area contributed by atoms with Gasteiger partial charge in [-0.1, -0.05) is 73.6 Å². The Bertz CT molecular complexity index is 582. The monoisotopic (exact) mass is 272 g/mol. The fraction of sp³-hybridized carbons (Fsp3) is 0.118. The molecule has 0 amide bonds. The van der Waals surface area contributed by atoms with Crippen molar-refractivity contribution >= 4 is 29.5 Å². The summed E-state index contributed by atoms with van der Waals surface area (Å²) in [7, 11) is 0. The van der Waals surface area contributed by atoms with Gasteiger partial charge in [-0.3, -0.25) is 4.79 Å². The highest BCUT2D eigenvalue weighted by Crippen LogP contribution is 2.18. The minimum atomic E-state index is 0. The molecule has 0 unspecified atom stereocenters. The number of carbonyl (C=O) groups is 1. The Morgan fingerprint density at radius 2 is 1.63 bits per heavy atom. The van der Waals surface area contributed by atoms with Gasteiger partial charge in [0.05, 0.1) is 0 Å². The van der Waals surface area contributed by atoms with Crippen LogP contribution in [0.4, 0.5) is 0 Å². The summed E-state index contributed by atoms with van der Waals surface area (Å²) in [6, 6.07) is 15.2. The van der Waals surface area contributed by atoms with E-state index in [2.05, 4.69) is 0 Å². The Labute approximate surface area is 119 Å². The van der Waals surface area contributed by atoms with Gasteiger partial charge in [-0.25, -0.2) is 0 Å². The Morgan fingerprint density at radius 1 is 1.00 bits per heavy atom. The molecular formula is C17H17ClO. The highest BCUT2D eigenvalue weighted by molar-refractivity contribution is 6.32.